The average molecular weight is 501 g/mol. The average Bonchev–Trinajstić information content (AvgIpc) is 3.39. The number of likely N-dealkylation sites (tertiary alicyclic amines) is 1. The number of nitrogens with one attached hydrogen (secondary N) is 1. The lowest BCUT2D eigenvalue weighted by Gasteiger charge is -2.28. The number of rotatable bonds is 10. The molecule has 0 saturated carbocycles. The first-order valence-corrected chi connectivity index (χ1v) is 12.7. The number of carbonyl (C=O) groups is 2. The molecule has 0 bridgehead atoms. The van der Waals surface area contributed by atoms with Gasteiger partial charge in [-0.25, -0.2) is 0 Å². The van der Waals surface area contributed by atoms with Gasteiger partial charge in [0.25, 0.3) is 0 Å². The van der Waals surface area contributed by atoms with Gasteiger partial charge in [0.05, 0.1) is 18.8 Å². The third kappa shape index (κ3) is 7.33. The summed E-state index contributed by atoms with van der Waals surface area (Å²) in [5.41, 5.74) is 2.89. The van der Waals surface area contributed by atoms with Crippen molar-refractivity contribution >= 4 is 17.5 Å². The van der Waals surface area contributed by atoms with Crippen LogP contribution in [-0.2, 0) is 16.1 Å². The maximum Gasteiger partial charge on any atom is 0.242 e. The second kappa shape index (κ2) is 12.4. The van der Waals surface area contributed by atoms with Crippen LogP contribution in [0.2, 0.25) is 0 Å². The van der Waals surface area contributed by atoms with E-state index in [0.717, 1.165) is 24.1 Å². The van der Waals surface area contributed by atoms with Gasteiger partial charge in [0.1, 0.15) is 5.75 Å². The molecule has 1 unspecified atom stereocenters. The minimum absolute atomic E-state index is 0.00495. The van der Waals surface area contributed by atoms with Gasteiger partial charge < -0.3 is 24.8 Å². The van der Waals surface area contributed by atoms with E-state index < -0.39 is 0 Å². The summed E-state index contributed by atoms with van der Waals surface area (Å²) in [6.07, 6.45) is 0.948. The first-order chi connectivity index (χ1) is 17.9. The van der Waals surface area contributed by atoms with Crippen LogP contribution in [0.15, 0.2) is 78.9 Å². The van der Waals surface area contributed by atoms with Gasteiger partial charge >= 0.3 is 0 Å². The van der Waals surface area contributed by atoms with Crippen molar-refractivity contribution in [3.05, 3.63) is 90.0 Å². The maximum absolute atomic E-state index is 13.4. The van der Waals surface area contributed by atoms with Gasteiger partial charge in [0.15, 0.2) is 5.75 Å². The highest BCUT2D eigenvalue weighted by Crippen LogP contribution is 2.32. The van der Waals surface area contributed by atoms with Crippen molar-refractivity contribution in [1.29, 1.82) is 0 Å². The number of para-hydroxylation sites is 3. The minimum Gasteiger partial charge on any atom is -0.455 e. The highest BCUT2D eigenvalue weighted by molar-refractivity contribution is 5.87. The van der Waals surface area contributed by atoms with Crippen LogP contribution < -0.4 is 15.0 Å². The second-order valence-corrected chi connectivity index (χ2v) is 9.75. The topological polar surface area (TPSA) is 65.1 Å². The van der Waals surface area contributed by atoms with Crippen LogP contribution in [0.3, 0.4) is 0 Å². The number of ether oxygens (including phenoxy) is 1. The van der Waals surface area contributed by atoms with Crippen molar-refractivity contribution in [1.82, 2.24) is 15.1 Å². The Morgan fingerprint density at radius 1 is 0.973 bits per heavy atom. The van der Waals surface area contributed by atoms with E-state index in [2.05, 4.69) is 16.3 Å². The summed E-state index contributed by atoms with van der Waals surface area (Å²) in [7, 11) is 4.08. The standard InChI is InChI=1S/C30H36N4O3/c1-23-10-9-11-24(18-23)19-31-29(35)21-34(22-30(36)33-17-16-25(20-33)32(2)3)27-14-7-8-15-28(27)37-26-12-5-4-6-13-26/h4-15,18,25H,16-17,19-22H2,1-3H3,(H,31,35). The molecule has 1 fully saturated rings. The fourth-order valence-corrected chi connectivity index (χ4v) is 4.55. The van der Waals surface area contributed by atoms with Gasteiger partial charge in [-0.2, -0.15) is 0 Å². The minimum atomic E-state index is -0.156. The molecule has 1 heterocycles. The van der Waals surface area contributed by atoms with Gasteiger partial charge in [-0.3, -0.25) is 9.59 Å². The molecule has 2 amide bonds. The molecule has 37 heavy (non-hydrogen) atoms. The molecule has 0 aromatic heterocycles. The molecule has 1 saturated heterocycles. The largest absolute Gasteiger partial charge is 0.455 e. The fraction of sp³-hybridized carbons (Fsp3) is 0.333. The monoisotopic (exact) mass is 500 g/mol. The zero-order valence-electron chi connectivity index (χ0n) is 21.9. The van der Waals surface area contributed by atoms with Crippen LogP contribution in [0.25, 0.3) is 0 Å². The predicted octanol–water partition coefficient (Wildman–Crippen LogP) is 4.07. The van der Waals surface area contributed by atoms with E-state index in [0.29, 0.717) is 36.3 Å². The third-order valence-electron chi connectivity index (χ3n) is 6.66. The number of amides is 2. The first-order valence-electron chi connectivity index (χ1n) is 12.7. The predicted molar refractivity (Wildman–Crippen MR) is 147 cm³/mol. The van der Waals surface area contributed by atoms with E-state index in [1.165, 1.54) is 0 Å². The Balaban J connectivity index is 1.52. The van der Waals surface area contributed by atoms with Crippen LogP contribution >= 0.6 is 0 Å². The molecular formula is C30H36N4O3. The molecule has 1 atom stereocenters. The van der Waals surface area contributed by atoms with E-state index in [1.807, 2.05) is 104 Å². The van der Waals surface area contributed by atoms with Crippen LogP contribution in [0.1, 0.15) is 17.5 Å². The number of anilines is 1. The zero-order chi connectivity index (χ0) is 26.2. The molecular weight excluding hydrogens is 464 g/mol. The number of nitrogens with zero attached hydrogens (tertiary/aromatic N) is 3. The van der Waals surface area contributed by atoms with Crippen molar-refractivity contribution in [2.45, 2.75) is 25.9 Å². The Labute approximate surface area is 219 Å². The molecule has 0 radical (unpaired) electrons. The summed E-state index contributed by atoms with van der Waals surface area (Å²) in [6, 6.07) is 25.5. The highest BCUT2D eigenvalue weighted by atomic mass is 16.5. The molecule has 4 rings (SSSR count). The van der Waals surface area contributed by atoms with Gasteiger partial charge in [-0.05, 0) is 57.3 Å². The molecule has 3 aromatic carbocycles. The molecule has 1 aliphatic rings. The number of hydrogen-bond acceptors (Lipinski definition) is 5. The zero-order valence-corrected chi connectivity index (χ0v) is 21.9. The van der Waals surface area contributed by atoms with Crippen LogP contribution in [0.5, 0.6) is 11.5 Å². The Hall–Kier alpha value is -3.84. The van der Waals surface area contributed by atoms with Crippen molar-refractivity contribution in [2.24, 2.45) is 0 Å². The Kier molecular flexibility index (Phi) is 8.80. The Morgan fingerprint density at radius 2 is 1.73 bits per heavy atom. The number of carbonyl (C=O) groups excluding carboxylic acids is 2. The smallest absolute Gasteiger partial charge is 0.242 e. The lowest BCUT2D eigenvalue weighted by Crippen LogP contribution is -2.44. The molecule has 7 heteroatoms. The van der Waals surface area contributed by atoms with Crippen molar-refractivity contribution < 1.29 is 14.3 Å². The van der Waals surface area contributed by atoms with Gasteiger partial charge in [-0.15, -0.1) is 0 Å². The summed E-state index contributed by atoms with van der Waals surface area (Å²) in [5.74, 6) is 1.14. The van der Waals surface area contributed by atoms with Gasteiger partial charge in [0.2, 0.25) is 11.8 Å². The number of aryl methyl sites for hydroxylation is 1. The molecule has 7 nitrogen and oxygen atoms in total. The first kappa shape index (κ1) is 26.2. The highest BCUT2D eigenvalue weighted by Gasteiger charge is 2.29. The fourth-order valence-electron chi connectivity index (χ4n) is 4.55. The summed E-state index contributed by atoms with van der Waals surface area (Å²) >= 11 is 0. The van der Waals surface area contributed by atoms with E-state index >= 15 is 0 Å². The molecule has 1 N–H and O–H groups in total. The molecule has 0 aliphatic carbocycles. The van der Waals surface area contributed by atoms with E-state index in [9.17, 15) is 9.59 Å². The maximum atomic E-state index is 13.4. The molecule has 0 spiro atoms. The van der Waals surface area contributed by atoms with Gasteiger partial charge in [-0.1, -0.05) is 60.2 Å². The molecule has 3 aromatic rings. The van der Waals surface area contributed by atoms with Crippen molar-refractivity contribution in [3.8, 4) is 11.5 Å². The van der Waals surface area contributed by atoms with Crippen molar-refractivity contribution in [2.75, 3.05) is 45.2 Å². The second-order valence-electron chi connectivity index (χ2n) is 9.75. The summed E-state index contributed by atoms with van der Waals surface area (Å²) < 4.78 is 6.17. The van der Waals surface area contributed by atoms with Crippen LogP contribution in [0.4, 0.5) is 5.69 Å². The Bertz CT molecular complexity index is 1200. The van der Waals surface area contributed by atoms with Gasteiger partial charge in [0, 0.05) is 25.7 Å². The third-order valence-corrected chi connectivity index (χ3v) is 6.66. The van der Waals surface area contributed by atoms with E-state index in [4.69, 9.17) is 4.74 Å². The number of hydrogen-bond donors (Lipinski definition) is 1. The van der Waals surface area contributed by atoms with Crippen LogP contribution in [0, 0.1) is 6.92 Å². The summed E-state index contributed by atoms with van der Waals surface area (Å²) in [6.45, 7) is 4.01. The van der Waals surface area contributed by atoms with Crippen molar-refractivity contribution in [3.63, 3.8) is 0 Å². The SMILES string of the molecule is Cc1cccc(CNC(=O)CN(CC(=O)N2CCC(N(C)C)C2)c2ccccc2Oc2ccccc2)c1. The quantitative estimate of drug-likeness (QED) is 0.455. The number of benzene rings is 3. The summed E-state index contributed by atoms with van der Waals surface area (Å²) in [5, 5.41) is 3.01. The normalized spacial score (nSPS) is 15.0. The van der Waals surface area contributed by atoms with E-state index in [1.54, 1.807) is 0 Å². The lowest BCUT2D eigenvalue weighted by atomic mass is 10.1. The van der Waals surface area contributed by atoms with E-state index in [-0.39, 0.29) is 24.9 Å². The molecule has 1 aliphatic heterocycles. The van der Waals surface area contributed by atoms with Crippen LogP contribution in [-0.4, -0.2) is 67.9 Å². The lowest BCUT2D eigenvalue weighted by molar-refractivity contribution is -0.128. The Morgan fingerprint density at radius 3 is 2.46 bits per heavy atom. The summed E-state index contributed by atoms with van der Waals surface area (Å²) in [4.78, 5) is 32.3. The molecule has 194 valence electrons. The number of likely N-dealkylation sites (N-methyl/N-ethyl adjacent to an activating group) is 1.